The van der Waals surface area contributed by atoms with Crippen molar-refractivity contribution >= 4 is 29.4 Å². The Bertz CT molecular complexity index is 1090. The number of cyclic esters (lactones) is 1. The van der Waals surface area contributed by atoms with Gasteiger partial charge in [-0.15, -0.1) is 16.9 Å². The Hall–Kier alpha value is -3.40. The van der Waals surface area contributed by atoms with E-state index in [-0.39, 0.29) is 19.0 Å². The van der Waals surface area contributed by atoms with Crippen LogP contribution < -0.4 is 10.2 Å². The summed E-state index contributed by atoms with van der Waals surface area (Å²) in [6, 6.07) is 12.4. The van der Waals surface area contributed by atoms with E-state index in [9.17, 15) is 14.0 Å². The molecule has 0 spiro atoms. The monoisotopic (exact) mass is 455 g/mol. The Balaban J connectivity index is 1.38. The average Bonchev–Trinajstić information content (AvgIpc) is 3.42. The van der Waals surface area contributed by atoms with Crippen LogP contribution in [0.15, 0.2) is 53.7 Å². The molecule has 1 aromatic heterocycles. The highest BCUT2D eigenvalue weighted by Gasteiger charge is 2.32. The highest BCUT2D eigenvalue weighted by atomic mass is 32.2. The van der Waals surface area contributed by atoms with E-state index in [0.717, 1.165) is 28.3 Å². The fourth-order valence-corrected chi connectivity index (χ4v) is 4.17. The minimum absolute atomic E-state index is 0.199. The average molecular weight is 456 g/mol. The number of hydrogen-bond acceptors (Lipinski definition) is 6. The van der Waals surface area contributed by atoms with E-state index < -0.39 is 18.0 Å². The lowest BCUT2D eigenvalue weighted by molar-refractivity contribution is -0.119. The standard InChI is InChI=1S/C22H22FN5O3S/c1-14(29)24-11-18-13-28(22(30)31-18)17-6-7-19(20(23)10-17)16-4-2-15(3-5-16)8-9-32-21-12-25-27-26-21/h2-7,10,12,18H,8-9,11,13H2,1H3,(H,24,29)(H,25,26,27). The first-order valence-corrected chi connectivity index (χ1v) is 11.1. The number of aryl methyl sites for hydroxylation is 1. The van der Waals surface area contributed by atoms with Gasteiger partial charge in [-0.2, -0.15) is 10.3 Å². The van der Waals surface area contributed by atoms with E-state index in [4.69, 9.17) is 4.74 Å². The normalized spacial score (nSPS) is 15.6. The lowest BCUT2D eigenvalue weighted by atomic mass is 10.0. The number of aromatic nitrogens is 3. The number of amides is 2. The summed E-state index contributed by atoms with van der Waals surface area (Å²) in [5.74, 6) is 0.244. The van der Waals surface area contributed by atoms with E-state index in [0.29, 0.717) is 11.3 Å². The first-order valence-electron chi connectivity index (χ1n) is 10.1. The van der Waals surface area contributed by atoms with E-state index in [1.54, 1.807) is 30.1 Å². The van der Waals surface area contributed by atoms with Gasteiger partial charge in [0.2, 0.25) is 5.91 Å². The first kappa shape index (κ1) is 21.8. The zero-order chi connectivity index (χ0) is 22.5. The van der Waals surface area contributed by atoms with Crippen LogP contribution in [0.2, 0.25) is 0 Å². The number of anilines is 1. The number of aromatic amines is 1. The zero-order valence-electron chi connectivity index (χ0n) is 17.4. The van der Waals surface area contributed by atoms with Gasteiger partial charge in [0.15, 0.2) is 0 Å². The quantitative estimate of drug-likeness (QED) is 0.505. The summed E-state index contributed by atoms with van der Waals surface area (Å²) in [4.78, 5) is 24.6. The van der Waals surface area contributed by atoms with E-state index in [1.165, 1.54) is 17.9 Å². The lowest BCUT2D eigenvalue weighted by Crippen LogP contribution is -2.33. The van der Waals surface area contributed by atoms with Crippen LogP contribution in [-0.2, 0) is 16.0 Å². The third-order valence-corrected chi connectivity index (χ3v) is 5.92. The molecule has 1 aliphatic rings. The summed E-state index contributed by atoms with van der Waals surface area (Å²) in [5.41, 5.74) is 2.78. The molecule has 0 aliphatic carbocycles. The number of halogens is 1. The largest absolute Gasteiger partial charge is 0.442 e. The molecule has 1 unspecified atom stereocenters. The van der Waals surface area contributed by atoms with Crippen LogP contribution in [0.3, 0.4) is 0 Å². The van der Waals surface area contributed by atoms with Crippen molar-refractivity contribution in [3.63, 3.8) is 0 Å². The summed E-state index contributed by atoms with van der Waals surface area (Å²) >= 11 is 1.62. The van der Waals surface area contributed by atoms with Crippen molar-refractivity contribution in [2.75, 3.05) is 23.7 Å². The smallest absolute Gasteiger partial charge is 0.414 e. The van der Waals surface area contributed by atoms with Crippen molar-refractivity contribution < 1.29 is 18.7 Å². The molecular formula is C22H22FN5O3S. The Morgan fingerprint density at radius 1 is 1.31 bits per heavy atom. The predicted molar refractivity (Wildman–Crippen MR) is 119 cm³/mol. The number of ether oxygens (including phenoxy) is 1. The topological polar surface area (TPSA) is 100 Å². The Labute approximate surface area is 188 Å². The SMILES string of the molecule is CC(=O)NCC1CN(c2ccc(-c3ccc(CCSc4cn[nH]n4)cc3)c(F)c2)C(=O)O1. The summed E-state index contributed by atoms with van der Waals surface area (Å²) in [5, 5.41) is 13.8. The maximum atomic E-state index is 14.9. The molecule has 2 heterocycles. The van der Waals surface area contributed by atoms with Crippen LogP contribution in [0.5, 0.6) is 0 Å². The van der Waals surface area contributed by atoms with Crippen molar-refractivity contribution in [1.82, 2.24) is 20.7 Å². The number of benzene rings is 2. The molecule has 1 aliphatic heterocycles. The van der Waals surface area contributed by atoms with Gasteiger partial charge in [-0.05, 0) is 35.7 Å². The second-order valence-corrected chi connectivity index (χ2v) is 8.44. The number of carbonyl (C=O) groups excluding carboxylic acids is 2. The molecule has 0 radical (unpaired) electrons. The summed E-state index contributed by atoms with van der Waals surface area (Å²) < 4.78 is 20.1. The molecule has 3 aromatic rings. The van der Waals surface area contributed by atoms with Gasteiger partial charge in [-0.1, -0.05) is 24.3 Å². The van der Waals surface area contributed by atoms with Gasteiger partial charge in [-0.25, -0.2) is 9.18 Å². The molecule has 1 saturated heterocycles. The molecule has 8 nitrogen and oxygen atoms in total. The van der Waals surface area contributed by atoms with Crippen molar-refractivity contribution in [2.45, 2.75) is 24.5 Å². The van der Waals surface area contributed by atoms with Gasteiger partial charge in [0.1, 0.15) is 16.9 Å². The van der Waals surface area contributed by atoms with Crippen LogP contribution in [0.4, 0.5) is 14.9 Å². The predicted octanol–water partition coefficient (Wildman–Crippen LogP) is 3.41. The number of carbonyl (C=O) groups is 2. The van der Waals surface area contributed by atoms with Gasteiger partial charge in [-0.3, -0.25) is 9.69 Å². The highest BCUT2D eigenvalue weighted by Crippen LogP contribution is 2.29. The Morgan fingerprint density at radius 2 is 2.12 bits per heavy atom. The van der Waals surface area contributed by atoms with Gasteiger partial charge in [0, 0.05) is 18.2 Å². The molecular weight excluding hydrogens is 433 g/mol. The third-order valence-electron chi connectivity index (χ3n) is 5.02. The Morgan fingerprint density at radius 3 is 2.81 bits per heavy atom. The van der Waals surface area contributed by atoms with E-state index in [2.05, 4.69) is 20.7 Å². The molecule has 4 rings (SSSR count). The molecule has 1 fully saturated rings. The van der Waals surface area contributed by atoms with Crippen molar-refractivity contribution in [2.24, 2.45) is 0 Å². The van der Waals surface area contributed by atoms with Gasteiger partial charge >= 0.3 is 6.09 Å². The number of nitrogens with zero attached hydrogens (tertiary/aromatic N) is 3. The minimum Gasteiger partial charge on any atom is -0.442 e. The van der Waals surface area contributed by atoms with Crippen LogP contribution >= 0.6 is 11.8 Å². The summed E-state index contributed by atoms with van der Waals surface area (Å²) in [6.07, 6.45) is 1.52. The van der Waals surface area contributed by atoms with Crippen LogP contribution in [0.1, 0.15) is 12.5 Å². The number of H-pyrrole nitrogens is 1. The van der Waals surface area contributed by atoms with Crippen molar-refractivity contribution in [1.29, 1.82) is 0 Å². The molecule has 32 heavy (non-hydrogen) atoms. The first-order chi connectivity index (χ1) is 15.5. The highest BCUT2D eigenvalue weighted by molar-refractivity contribution is 7.99. The van der Waals surface area contributed by atoms with E-state index >= 15 is 0 Å². The fourth-order valence-electron chi connectivity index (χ4n) is 3.39. The molecule has 166 valence electrons. The van der Waals surface area contributed by atoms with Crippen LogP contribution in [0, 0.1) is 5.82 Å². The number of hydrogen-bond donors (Lipinski definition) is 2. The minimum atomic E-state index is -0.555. The van der Waals surface area contributed by atoms with Gasteiger partial charge in [0.25, 0.3) is 0 Å². The van der Waals surface area contributed by atoms with Gasteiger partial charge < -0.3 is 10.1 Å². The van der Waals surface area contributed by atoms with E-state index in [1.807, 2.05) is 24.3 Å². The molecule has 1 atom stereocenters. The zero-order valence-corrected chi connectivity index (χ0v) is 18.2. The Kier molecular flexibility index (Phi) is 6.69. The number of thioether (sulfide) groups is 1. The maximum absolute atomic E-state index is 14.9. The van der Waals surface area contributed by atoms with Crippen LogP contribution in [0.25, 0.3) is 11.1 Å². The second kappa shape index (κ2) is 9.82. The lowest BCUT2D eigenvalue weighted by Gasteiger charge is -2.14. The van der Waals surface area contributed by atoms with Crippen LogP contribution in [-0.4, -0.2) is 52.4 Å². The molecule has 2 N–H and O–H groups in total. The molecule has 0 bridgehead atoms. The maximum Gasteiger partial charge on any atom is 0.414 e. The fraction of sp³-hybridized carbons (Fsp3) is 0.273. The molecule has 10 heteroatoms. The third kappa shape index (κ3) is 5.25. The second-order valence-electron chi connectivity index (χ2n) is 7.32. The number of nitrogens with one attached hydrogen (secondary N) is 2. The van der Waals surface area contributed by atoms with Crippen molar-refractivity contribution in [3.8, 4) is 11.1 Å². The molecule has 2 aromatic carbocycles. The molecule has 0 saturated carbocycles. The molecule has 2 amide bonds. The number of rotatable bonds is 8. The summed E-state index contributed by atoms with van der Waals surface area (Å²) in [7, 11) is 0. The van der Waals surface area contributed by atoms with Crippen molar-refractivity contribution in [3.05, 3.63) is 60.0 Å². The summed E-state index contributed by atoms with van der Waals surface area (Å²) in [6.45, 7) is 1.87. The van der Waals surface area contributed by atoms with Gasteiger partial charge in [0.05, 0.1) is 25.0 Å².